The van der Waals surface area contributed by atoms with E-state index in [9.17, 15) is 31.6 Å². The molecule has 0 aromatic carbocycles. The average Bonchev–Trinajstić information content (AvgIpc) is 2.75. The summed E-state index contributed by atoms with van der Waals surface area (Å²) in [5.74, 6) is -5.31. The van der Waals surface area contributed by atoms with Gasteiger partial charge in [0, 0.05) is 12.8 Å². The SMILES string of the molecule is CCC(=O)NNC(=O)C1CC(F)(F)C2CN1C(=O)N2OS(=O)(=O)O. The molecule has 4 amide bonds. The van der Waals surface area contributed by atoms with E-state index in [-0.39, 0.29) is 11.5 Å². The van der Waals surface area contributed by atoms with Crippen molar-refractivity contribution in [1.82, 2.24) is 20.8 Å². The molecule has 14 heteroatoms. The van der Waals surface area contributed by atoms with Crippen molar-refractivity contribution in [3.63, 3.8) is 0 Å². The third-order valence-electron chi connectivity index (χ3n) is 3.54. The number of nitrogens with zero attached hydrogens (tertiary/aromatic N) is 2. The maximum absolute atomic E-state index is 14.1. The number of amides is 4. The van der Waals surface area contributed by atoms with Crippen molar-refractivity contribution in [2.24, 2.45) is 0 Å². The fourth-order valence-corrected chi connectivity index (χ4v) is 2.76. The molecule has 2 aliphatic rings. The van der Waals surface area contributed by atoms with Gasteiger partial charge in [0.05, 0.1) is 6.54 Å². The van der Waals surface area contributed by atoms with Gasteiger partial charge in [-0.2, -0.15) is 13.5 Å². The highest BCUT2D eigenvalue weighted by Crippen LogP contribution is 2.40. The van der Waals surface area contributed by atoms with Gasteiger partial charge < -0.3 is 4.90 Å². The van der Waals surface area contributed by atoms with Crippen LogP contribution in [0.25, 0.3) is 0 Å². The second-order valence-corrected chi connectivity index (χ2v) is 6.16. The summed E-state index contributed by atoms with van der Waals surface area (Å²) in [4.78, 5) is 35.7. The highest BCUT2D eigenvalue weighted by molar-refractivity contribution is 7.80. The number of urea groups is 1. The number of rotatable bonds is 4. The summed E-state index contributed by atoms with van der Waals surface area (Å²) in [7, 11) is -5.20. The normalized spacial score (nSPS) is 25.6. The van der Waals surface area contributed by atoms with Gasteiger partial charge in [-0.25, -0.2) is 13.6 Å². The minimum Gasteiger partial charge on any atom is -0.308 e. The summed E-state index contributed by atoms with van der Waals surface area (Å²) in [6.45, 7) is 0.802. The molecule has 2 saturated heterocycles. The molecule has 3 N–H and O–H groups in total. The molecule has 11 nitrogen and oxygen atoms in total. The van der Waals surface area contributed by atoms with Gasteiger partial charge in [-0.1, -0.05) is 6.92 Å². The fourth-order valence-electron chi connectivity index (χ4n) is 2.39. The maximum atomic E-state index is 14.1. The number of carbonyl (C=O) groups excluding carboxylic acids is 3. The number of hydrogen-bond donors (Lipinski definition) is 3. The average molecular weight is 372 g/mol. The highest BCUT2D eigenvalue weighted by Gasteiger charge is 2.62. The second-order valence-electron chi connectivity index (χ2n) is 5.15. The molecule has 2 rings (SSSR count). The number of halogens is 2. The lowest BCUT2D eigenvalue weighted by atomic mass is 9.96. The molecule has 0 radical (unpaired) electrons. The summed E-state index contributed by atoms with van der Waals surface area (Å²) in [5.41, 5.74) is 3.89. The van der Waals surface area contributed by atoms with Crippen molar-refractivity contribution >= 4 is 28.2 Å². The Kier molecular flexibility index (Phi) is 4.65. The molecule has 2 atom stereocenters. The smallest absolute Gasteiger partial charge is 0.308 e. The van der Waals surface area contributed by atoms with Crippen LogP contribution in [-0.2, 0) is 24.3 Å². The van der Waals surface area contributed by atoms with Gasteiger partial charge in [-0.15, -0.1) is 4.28 Å². The maximum Gasteiger partial charge on any atom is 0.418 e. The standard InChI is InChI=1S/C10H14F2N4O7S/c1-2-7(17)13-14-8(18)5-3-10(11,12)6-4-15(5)9(19)16(6)23-24(20,21)22/h5-6H,2-4H2,1H3,(H,13,17)(H,14,18)(H,20,21,22). The van der Waals surface area contributed by atoms with Crippen LogP contribution in [0.4, 0.5) is 13.6 Å². The third-order valence-corrected chi connectivity index (χ3v) is 3.89. The monoisotopic (exact) mass is 372 g/mol. The van der Waals surface area contributed by atoms with Crippen molar-refractivity contribution in [3.05, 3.63) is 0 Å². The topological polar surface area (TPSA) is 145 Å². The van der Waals surface area contributed by atoms with E-state index in [1.54, 1.807) is 0 Å². The predicted molar refractivity (Wildman–Crippen MR) is 70.3 cm³/mol. The van der Waals surface area contributed by atoms with Crippen molar-refractivity contribution < 1.29 is 40.4 Å². The van der Waals surface area contributed by atoms with Gasteiger partial charge in [-0.05, 0) is 0 Å². The Morgan fingerprint density at radius 2 is 2.04 bits per heavy atom. The molecule has 2 unspecified atom stereocenters. The molecule has 2 bridgehead atoms. The number of alkyl halides is 2. The van der Waals surface area contributed by atoms with Crippen LogP contribution in [0.5, 0.6) is 0 Å². The zero-order valence-electron chi connectivity index (χ0n) is 12.2. The Morgan fingerprint density at radius 1 is 1.42 bits per heavy atom. The number of hydrazine groups is 1. The van der Waals surface area contributed by atoms with Crippen molar-refractivity contribution in [1.29, 1.82) is 0 Å². The lowest BCUT2D eigenvalue weighted by Crippen LogP contribution is -2.58. The van der Waals surface area contributed by atoms with Crippen LogP contribution in [0.3, 0.4) is 0 Å². The fraction of sp³-hybridized carbons (Fsp3) is 0.700. The molecule has 24 heavy (non-hydrogen) atoms. The van der Waals surface area contributed by atoms with E-state index in [1.807, 2.05) is 10.9 Å². The van der Waals surface area contributed by atoms with E-state index in [0.29, 0.717) is 4.90 Å². The van der Waals surface area contributed by atoms with E-state index in [1.165, 1.54) is 6.92 Å². The highest BCUT2D eigenvalue weighted by atomic mass is 32.3. The molecule has 2 aliphatic heterocycles. The summed E-state index contributed by atoms with van der Waals surface area (Å²) >= 11 is 0. The molecule has 0 aromatic rings. The Morgan fingerprint density at radius 3 is 2.58 bits per heavy atom. The summed E-state index contributed by atoms with van der Waals surface area (Å²) < 4.78 is 62.2. The van der Waals surface area contributed by atoms with Gasteiger partial charge in [-0.3, -0.25) is 25.0 Å². The largest absolute Gasteiger partial charge is 0.418 e. The molecule has 136 valence electrons. The molecule has 0 saturated carbocycles. The molecule has 2 fully saturated rings. The Labute approximate surface area is 134 Å². The molecular formula is C10H14F2N4O7S. The Hall–Kier alpha value is -2.06. The van der Waals surface area contributed by atoms with Crippen LogP contribution in [0.15, 0.2) is 0 Å². The lowest BCUT2D eigenvalue weighted by molar-refractivity contribution is -0.154. The van der Waals surface area contributed by atoms with Crippen molar-refractivity contribution in [2.75, 3.05) is 6.54 Å². The lowest BCUT2D eigenvalue weighted by Gasteiger charge is -2.34. The van der Waals surface area contributed by atoms with E-state index in [2.05, 4.69) is 4.28 Å². The van der Waals surface area contributed by atoms with Gasteiger partial charge >= 0.3 is 16.4 Å². The Bertz CT molecular complexity index is 670. The zero-order valence-corrected chi connectivity index (χ0v) is 13.0. The number of carbonyl (C=O) groups is 3. The molecular weight excluding hydrogens is 358 g/mol. The molecule has 2 heterocycles. The number of fused-ring (bicyclic) bond motifs is 2. The summed E-state index contributed by atoms with van der Waals surface area (Å²) in [6, 6.07) is -4.96. The predicted octanol–water partition coefficient (Wildman–Crippen LogP) is -1.21. The first-order valence-corrected chi connectivity index (χ1v) is 8.06. The van der Waals surface area contributed by atoms with Crippen molar-refractivity contribution in [3.8, 4) is 0 Å². The van der Waals surface area contributed by atoms with E-state index in [4.69, 9.17) is 4.55 Å². The van der Waals surface area contributed by atoms with Gasteiger partial charge in [0.25, 0.3) is 11.8 Å². The first kappa shape index (κ1) is 18.3. The van der Waals surface area contributed by atoms with Crippen LogP contribution >= 0.6 is 0 Å². The van der Waals surface area contributed by atoms with Gasteiger partial charge in [0.1, 0.15) is 12.1 Å². The van der Waals surface area contributed by atoms with Crippen LogP contribution < -0.4 is 10.9 Å². The molecule has 0 aliphatic carbocycles. The minimum absolute atomic E-state index is 0.0296. The third kappa shape index (κ3) is 3.54. The number of nitrogens with one attached hydrogen (secondary N) is 2. The van der Waals surface area contributed by atoms with E-state index >= 15 is 0 Å². The summed E-state index contributed by atoms with van der Waals surface area (Å²) in [6.07, 6.45) is -1.08. The zero-order chi connectivity index (χ0) is 18.3. The van der Waals surface area contributed by atoms with E-state index < -0.39 is 59.2 Å². The molecule has 0 spiro atoms. The van der Waals surface area contributed by atoms with Crippen LogP contribution in [0.2, 0.25) is 0 Å². The number of piperidine rings is 1. The van der Waals surface area contributed by atoms with E-state index in [0.717, 1.165) is 0 Å². The van der Waals surface area contributed by atoms with Gasteiger partial charge in [0.2, 0.25) is 5.91 Å². The van der Waals surface area contributed by atoms with Crippen molar-refractivity contribution in [2.45, 2.75) is 37.8 Å². The minimum atomic E-state index is -5.20. The summed E-state index contributed by atoms with van der Waals surface area (Å²) in [5, 5.41) is -0.173. The number of hydrogen-bond acceptors (Lipinski definition) is 6. The first-order valence-electron chi connectivity index (χ1n) is 6.69. The van der Waals surface area contributed by atoms with Crippen LogP contribution in [0.1, 0.15) is 19.8 Å². The second kappa shape index (κ2) is 6.10. The Balaban J connectivity index is 2.19. The molecule has 0 aromatic heterocycles. The van der Waals surface area contributed by atoms with Crippen LogP contribution in [-0.4, -0.2) is 65.3 Å². The number of hydroxylamine groups is 2. The first-order chi connectivity index (χ1) is 11.0. The van der Waals surface area contributed by atoms with Crippen LogP contribution in [0, 0.1) is 0 Å². The van der Waals surface area contributed by atoms with Gasteiger partial charge in [0.15, 0.2) is 0 Å². The quantitative estimate of drug-likeness (QED) is 0.415.